The van der Waals surface area contributed by atoms with Crippen molar-refractivity contribution in [3.8, 4) is 0 Å². The summed E-state index contributed by atoms with van der Waals surface area (Å²) in [6, 6.07) is 4.53. The van der Waals surface area contributed by atoms with Crippen LogP contribution in [0.5, 0.6) is 0 Å². The van der Waals surface area contributed by atoms with Crippen LogP contribution in [0.2, 0.25) is 0 Å². The Morgan fingerprint density at radius 1 is 1.29 bits per heavy atom. The minimum Gasteiger partial charge on any atom is -0.481 e. The van der Waals surface area contributed by atoms with E-state index in [0.29, 0.717) is 5.56 Å². The Hall–Kier alpha value is -1.97. The molecule has 1 aliphatic rings. The Morgan fingerprint density at radius 2 is 2.00 bits per heavy atom. The fourth-order valence-corrected chi connectivity index (χ4v) is 3.39. The van der Waals surface area contributed by atoms with Crippen molar-refractivity contribution in [1.82, 2.24) is 0 Å². The molecule has 1 N–H and O–H groups in total. The summed E-state index contributed by atoms with van der Waals surface area (Å²) >= 11 is 1.01. The second-order valence-electron chi connectivity index (χ2n) is 5.00. The van der Waals surface area contributed by atoms with Crippen molar-refractivity contribution >= 4 is 39.4 Å². The number of hydrogen-bond acceptors (Lipinski definition) is 7. The first-order chi connectivity index (χ1) is 11.2. The van der Waals surface area contributed by atoms with Crippen LogP contribution in [0.1, 0.15) is 32.7 Å². The van der Waals surface area contributed by atoms with Gasteiger partial charge in [0, 0.05) is 23.0 Å². The molecule has 7 nitrogen and oxygen atoms in total. The van der Waals surface area contributed by atoms with Crippen molar-refractivity contribution in [2.45, 2.75) is 13.0 Å². The molecule has 24 heavy (non-hydrogen) atoms. The standard InChI is InChI=1S/C15H14O7S2/c1-24(20,21)22-8-9-3-2-4-10-14(9)11(16)7-12(15(10)19)23-6-5-13(17)18/h2-4,7H,5-6,8H2,1H3,(H,17,18). The SMILES string of the molecule is CS(=O)(=O)OCc1cccc2c1C(=O)C=C(SCCC(=O)O)C2=O. The fraction of sp³-hybridized carbons (Fsp3) is 0.267. The third-order valence-corrected chi connectivity index (χ3v) is 4.70. The number of fused-ring (bicyclic) bond motifs is 1. The number of carboxylic acids is 1. The molecule has 0 spiro atoms. The van der Waals surface area contributed by atoms with Crippen LogP contribution < -0.4 is 0 Å². The molecule has 1 aromatic carbocycles. The number of hydrogen-bond donors (Lipinski definition) is 1. The van der Waals surface area contributed by atoms with Gasteiger partial charge in [0.2, 0.25) is 0 Å². The molecule has 0 saturated carbocycles. The highest BCUT2D eigenvalue weighted by Crippen LogP contribution is 2.30. The van der Waals surface area contributed by atoms with Crippen LogP contribution in [0.25, 0.3) is 0 Å². The van der Waals surface area contributed by atoms with Crippen LogP contribution in [0.3, 0.4) is 0 Å². The van der Waals surface area contributed by atoms with Crippen LogP contribution >= 0.6 is 11.8 Å². The van der Waals surface area contributed by atoms with Crippen LogP contribution in [-0.2, 0) is 25.7 Å². The van der Waals surface area contributed by atoms with E-state index in [1.54, 1.807) is 0 Å². The number of carboxylic acid groups (broad SMARTS) is 1. The Balaban J connectivity index is 2.27. The van der Waals surface area contributed by atoms with E-state index in [4.69, 9.17) is 9.29 Å². The highest BCUT2D eigenvalue weighted by Gasteiger charge is 2.28. The lowest BCUT2D eigenvalue weighted by Gasteiger charge is -2.17. The quantitative estimate of drug-likeness (QED) is 0.720. The van der Waals surface area contributed by atoms with Gasteiger partial charge in [-0.05, 0) is 5.56 Å². The molecule has 0 atom stereocenters. The minimum absolute atomic E-state index is 0.119. The van der Waals surface area contributed by atoms with Gasteiger partial charge in [-0.15, -0.1) is 11.8 Å². The summed E-state index contributed by atoms with van der Waals surface area (Å²) in [5, 5.41) is 8.63. The summed E-state index contributed by atoms with van der Waals surface area (Å²) in [6.07, 6.45) is 1.92. The number of aliphatic carboxylic acids is 1. The molecule has 1 aromatic rings. The second-order valence-corrected chi connectivity index (χ2v) is 7.78. The van der Waals surface area contributed by atoms with E-state index >= 15 is 0 Å². The Bertz CT molecular complexity index is 837. The molecule has 0 saturated heterocycles. The molecule has 0 radical (unpaired) electrons. The van der Waals surface area contributed by atoms with Crippen LogP contribution in [0, 0.1) is 0 Å². The summed E-state index contributed by atoms with van der Waals surface area (Å²) in [5.41, 5.74) is 0.589. The number of Topliss-reactive ketones (excluding diaryl/α,β-unsaturated/α-hetero) is 1. The van der Waals surface area contributed by atoms with Gasteiger partial charge in [0.25, 0.3) is 10.1 Å². The zero-order chi connectivity index (χ0) is 17.9. The summed E-state index contributed by atoms with van der Waals surface area (Å²) in [7, 11) is -3.68. The molecule has 128 valence electrons. The van der Waals surface area contributed by atoms with Gasteiger partial charge in [-0.2, -0.15) is 8.42 Å². The lowest BCUT2D eigenvalue weighted by molar-refractivity contribution is -0.136. The summed E-state index contributed by atoms with van der Waals surface area (Å²) < 4.78 is 26.9. The van der Waals surface area contributed by atoms with E-state index in [0.717, 1.165) is 24.1 Å². The molecule has 0 aromatic heterocycles. The molecule has 9 heteroatoms. The molecular formula is C15H14O7S2. The number of carbonyl (C=O) groups excluding carboxylic acids is 2. The monoisotopic (exact) mass is 370 g/mol. The number of allylic oxidation sites excluding steroid dienone is 2. The third-order valence-electron chi connectivity index (χ3n) is 3.13. The highest BCUT2D eigenvalue weighted by molar-refractivity contribution is 8.04. The summed E-state index contributed by atoms with van der Waals surface area (Å²) in [6.45, 7) is -0.337. The molecule has 0 unspecified atom stereocenters. The lowest BCUT2D eigenvalue weighted by atomic mass is 9.91. The first-order valence-corrected chi connectivity index (χ1v) is 9.61. The van der Waals surface area contributed by atoms with Gasteiger partial charge in [-0.1, -0.05) is 18.2 Å². The van der Waals surface area contributed by atoms with E-state index in [1.807, 2.05) is 0 Å². The zero-order valence-corrected chi connectivity index (χ0v) is 14.3. The summed E-state index contributed by atoms with van der Waals surface area (Å²) in [4.78, 5) is 35.5. The predicted octanol–water partition coefficient (Wildman–Crippen LogP) is 1.63. The topological polar surface area (TPSA) is 115 Å². The normalized spacial score (nSPS) is 14.3. The molecular weight excluding hydrogens is 356 g/mol. The Morgan fingerprint density at radius 3 is 2.62 bits per heavy atom. The van der Waals surface area contributed by atoms with Crippen molar-refractivity contribution < 1.29 is 32.1 Å². The van der Waals surface area contributed by atoms with Gasteiger partial charge in [-0.25, -0.2) is 0 Å². The maximum absolute atomic E-state index is 12.4. The number of benzene rings is 1. The molecule has 0 heterocycles. The van der Waals surface area contributed by atoms with Crippen molar-refractivity contribution in [3.05, 3.63) is 45.9 Å². The third kappa shape index (κ3) is 4.53. The van der Waals surface area contributed by atoms with Crippen LogP contribution in [0.4, 0.5) is 0 Å². The largest absolute Gasteiger partial charge is 0.481 e. The number of ketones is 2. The maximum atomic E-state index is 12.4. The van der Waals surface area contributed by atoms with Crippen molar-refractivity contribution in [3.63, 3.8) is 0 Å². The number of thioether (sulfide) groups is 1. The fourth-order valence-electron chi connectivity index (χ4n) is 2.12. The highest BCUT2D eigenvalue weighted by atomic mass is 32.2. The van der Waals surface area contributed by atoms with Gasteiger partial charge >= 0.3 is 5.97 Å². The number of carbonyl (C=O) groups is 3. The first-order valence-electron chi connectivity index (χ1n) is 6.80. The molecule has 0 bridgehead atoms. The number of rotatable bonds is 7. The van der Waals surface area contributed by atoms with E-state index in [1.165, 1.54) is 18.2 Å². The van der Waals surface area contributed by atoms with Crippen molar-refractivity contribution in [2.24, 2.45) is 0 Å². The van der Waals surface area contributed by atoms with E-state index < -0.39 is 21.9 Å². The van der Waals surface area contributed by atoms with Crippen LogP contribution in [0.15, 0.2) is 29.2 Å². The molecule has 2 rings (SSSR count). The van der Waals surface area contributed by atoms with Gasteiger partial charge in [0.05, 0.1) is 24.2 Å². The maximum Gasteiger partial charge on any atom is 0.304 e. The summed E-state index contributed by atoms with van der Waals surface area (Å²) in [5.74, 6) is -1.64. The minimum atomic E-state index is -3.68. The molecule has 0 fully saturated rings. The Labute approximate surface area is 142 Å². The average molecular weight is 370 g/mol. The van der Waals surface area contributed by atoms with Gasteiger partial charge in [0.15, 0.2) is 11.6 Å². The van der Waals surface area contributed by atoms with Gasteiger partial charge < -0.3 is 5.11 Å². The average Bonchev–Trinajstić information content (AvgIpc) is 2.48. The molecule has 1 aliphatic carbocycles. The smallest absolute Gasteiger partial charge is 0.304 e. The Kier molecular flexibility index (Phi) is 5.58. The van der Waals surface area contributed by atoms with Crippen molar-refractivity contribution in [1.29, 1.82) is 0 Å². The second kappa shape index (κ2) is 7.29. The lowest BCUT2D eigenvalue weighted by Crippen LogP contribution is -2.19. The molecule has 0 amide bonds. The van der Waals surface area contributed by atoms with Crippen molar-refractivity contribution in [2.75, 3.05) is 12.0 Å². The van der Waals surface area contributed by atoms with Crippen LogP contribution in [-0.4, -0.2) is 43.1 Å². The zero-order valence-electron chi connectivity index (χ0n) is 12.6. The first kappa shape index (κ1) is 18.4. The van der Waals surface area contributed by atoms with E-state index in [2.05, 4.69) is 0 Å². The van der Waals surface area contributed by atoms with Gasteiger partial charge in [0.1, 0.15) is 0 Å². The van der Waals surface area contributed by atoms with E-state index in [-0.39, 0.29) is 40.6 Å². The van der Waals surface area contributed by atoms with E-state index in [9.17, 15) is 22.8 Å². The van der Waals surface area contributed by atoms with Gasteiger partial charge in [-0.3, -0.25) is 18.6 Å². The predicted molar refractivity (Wildman–Crippen MR) is 87.5 cm³/mol. The molecule has 0 aliphatic heterocycles.